The molecule has 1 amide bonds. The molecule has 1 atom stereocenters. The van der Waals surface area contributed by atoms with Crippen LogP contribution < -0.4 is 5.32 Å². The Hall–Kier alpha value is -1.31. The molecule has 0 saturated carbocycles. The van der Waals surface area contributed by atoms with E-state index in [0.717, 1.165) is 15.6 Å². The van der Waals surface area contributed by atoms with Crippen LogP contribution in [-0.2, 0) is 4.74 Å². The minimum Gasteiger partial charge on any atom is -0.440 e. The molecular formula is C10H13F3N2O2S. The van der Waals surface area contributed by atoms with Crippen LogP contribution in [0.25, 0.3) is 0 Å². The molecule has 0 fully saturated rings. The number of nitrogens with one attached hydrogen (secondary N) is 1. The van der Waals surface area contributed by atoms with E-state index in [2.05, 4.69) is 15.0 Å². The molecule has 0 aliphatic rings. The van der Waals surface area contributed by atoms with Gasteiger partial charge in [0.25, 0.3) is 0 Å². The number of carbonyl (C=O) groups is 1. The Bertz CT molecular complexity index is 431. The molecule has 1 aromatic heterocycles. The van der Waals surface area contributed by atoms with Gasteiger partial charge in [-0.3, -0.25) is 0 Å². The maximum absolute atomic E-state index is 11.8. The van der Waals surface area contributed by atoms with E-state index >= 15 is 0 Å². The van der Waals surface area contributed by atoms with Crippen LogP contribution in [0.2, 0.25) is 0 Å². The van der Waals surface area contributed by atoms with Crippen LogP contribution in [0.15, 0.2) is 0 Å². The molecule has 0 aliphatic carbocycles. The number of ether oxygens (including phenoxy) is 1. The van der Waals surface area contributed by atoms with E-state index in [-0.39, 0.29) is 0 Å². The van der Waals surface area contributed by atoms with Crippen molar-refractivity contribution in [2.75, 3.05) is 6.61 Å². The van der Waals surface area contributed by atoms with Gasteiger partial charge in [0.1, 0.15) is 0 Å². The highest BCUT2D eigenvalue weighted by Gasteiger charge is 2.30. The van der Waals surface area contributed by atoms with E-state index in [9.17, 15) is 18.0 Å². The van der Waals surface area contributed by atoms with Gasteiger partial charge < -0.3 is 10.1 Å². The number of hydrogen-bond donors (Lipinski definition) is 1. The molecular weight excluding hydrogens is 269 g/mol. The lowest BCUT2D eigenvalue weighted by Crippen LogP contribution is -2.30. The molecule has 1 unspecified atom stereocenters. The number of carbonyl (C=O) groups excluding carboxylic acids is 1. The first-order chi connectivity index (χ1) is 8.19. The molecule has 8 heteroatoms. The number of alkyl halides is 3. The van der Waals surface area contributed by atoms with E-state index in [4.69, 9.17) is 0 Å². The summed E-state index contributed by atoms with van der Waals surface area (Å²) >= 11 is 1.38. The Labute approximate surface area is 106 Å². The molecule has 1 aromatic rings. The van der Waals surface area contributed by atoms with Gasteiger partial charge in [-0.05, 0) is 20.8 Å². The van der Waals surface area contributed by atoms with Gasteiger partial charge in [-0.15, -0.1) is 11.3 Å². The lowest BCUT2D eigenvalue weighted by Gasteiger charge is -2.13. The summed E-state index contributed by atoms with van der Waals surface area (Å²) in [6, 6.07) is -0.433. The zero-order valence-electron chi connectivity index (χ0n) is 10.1. The van der Waals surface area contributed by atoms with Gasteiger partial charge in [0.2, 0.25) is 0 Å². The summed E-state index contributed by atoms with van der Waals surface area (Å²) in [6.45, 7) is 3.66. The van der Waals surface area contributed by atoms with Crippen LogP contribution in [0.5, 0.6) is 0 Å². The Morgan fingerprint density at radius 2 is 2.11 bits per heavy atom. The van der Waals surface area contributed by atoms with E-state index in [1.54, 1.807) is 13.8 Å². The molecule has 1 heterocycles. The average Bonchev–Trinajstić information content (AvgIpc) is 2.54. The summed E-state index contributed by atoms with van der Waals surface area (Å²) in [4.78, 5) is 16.1. The van der Waals surface area contributed by atoms with Gasteiger partial charge in [0.05, 0.1) is 16.7 Å². The van der Waals surface area contributed by atoms with Gasteiger partial charge in [0.15, 0.2) is 6.61 Å². The third-order valence-corrected chi connectivity index (χ3v) is 3.29. The SMILES string of the molecule is Cc1nc(C)c(C(C)NC(=O)OCC(F)(F)F)s1. The molecule has 18 heavy (non-hydrogen) atoms. The first-order valence-corrected chi connectivity index (χ1v) is 5.94. The number of thiazole rings is 1. The van der Waals surface area contributed by atoms with E-state index in [1.807, 2.05) is 6.92 Å². The summed E-state index contributed by atoms with van der Waals surface area (Å²) in [5.74, 6) is 0. The molecule has 0 saturated heterocycles. The number of aromatic nitrogens is 1. The van der Waals surface area contributed by atoms with Crippen LogP contribution in [0.1, 0.15) is 28.5 Å². The molecule has 4 nitrogen and oxygen atoms in total. The van der Waals surface area contributed by atoms with Crippen molar-refractivity contribution in [3.63, 3.8) is 0 Å². The number of aryl methyl sites for hydroxylation is 2. The monoisotopic (exact) mass is 282 g/mol. The Morgan fingerprint density at radius 1 is 1.50 bits per heavy atom. The summed E-state index contributed by atoms with van der Waals surface area (Å²) in [5.41, 5.74) is 0.751. The maximum atomic E-state index is 11.8. The summed E-state index contributed by atoms with van der Waals surface area (Å²) < 4.78 is 39.5. The van der Waals surface area contributed by atoms with Crippen LogP contribution in [0.3, 0.4) is 0 Å². The Morgan fingerprint density at radius 3 is 2.56 bits per heavy atom. The number of hydrogen-bond acceptors (Lipinski definition) is 4. The van der Waals surface area contributed by atoms with E-state index in [1.165, 1.54) is 11.3 Å². The smallest absolute Gasteiger partial charge is 0.422 e. The zero-order chi connectivity index (χ0) is 13.9. The van der Waals surface area contributed by atoms with E-state index < -0.39 is 24.9 Å². The lowest BCUT2D eigenvalue weighted by atomic mass is 10.2. The topological polar surface area (TPSA) is 51.2 Å². The van der Waals surface area contributed by atoms with Crippen LogP contribution >= 0.6 is 11.3 Å². The normalized spacial score (nSPS) is 13.2. The van der Waals surface area contributed by atoms with Crippen molar-refractivity contribution in [3.05, 3.63) is 15.6 Å². The van der Waals surface area contributed by atoms with Gasteiger partial charge in [-0.1, -0.05) is 0 Å². The second-order valence-corrected chi connectivity index (χ2v) is 4.97. The molecule has 0 aromatic carbocycles. The quantitative estimate of drug-likeness (QED) is 0.926. The highest BCUT2D eigenvalue weighted by Crippen LogP contribution is 2.24. The predicted octanol–water partition coefficient (Wildman–Crippen LogP) is 3.11. The molecule has 1 N–H and O–H groups in total. The third-order valence-electron chi connectivity index (χ3n) is 2.03. The Kier molecular flexibility index (Phi) is 4.55. The second kappa shape index (κ2) is 5.55. The van der Waals surface area contributed by atoms with Gasteiger partial charge in [-0.2, -0.15) is 13.2 Å². The fourth-order valence-corrected chi connectivity index (χ4v) is 2.31. The van der Waals surface area contributed by atoms with Crippen molar-refractivity contribution in [1.82, 2.24) is 10.3 Å². The number of nitrogens with zero attached hydrogens (tertiary/aromatic N) is 1. The molecule has 102 valence electrons. The largest absolute Gasteiger partial charge is 0.440 e. The first kappa shape index (κ1) is 14.7. The second-order valence-electron chi connectivity index (χ2n) is 3.74. The number of halogens is 3. The van der Waals surface area contributed by atoms with Crippen LogP contribution in [0, 0.1) is 13.8 Å². The van der Waals surface area contributed by atoms with E-state index in [0.29, 0.717) is 0 Å². The average molecular weight is 282 g/mol. The molecule has 1 rings (SSSR count). The summed E-state index contributed by atoms with van der Waals surface area (Å²) in [6.07, 6.45) is -5.61. The highest BCUT2D eigenvalue weighted by atomic mass is 32.1. The van der Waals surface area contributed by atoms with Crippen molar-refractivity contribution < 1.29 is 22.7 Å². The van der Waals surface area contributed by atoms with Crippen LogP contribution in [-0.4, -0.2) is 23.9 Å². The molecule has 0 bridgehead atoms. The predicted molar refractivity (Wildman–Crippen MR) is 60.5 cm³/mol. The minimum absolute atomic E-state index is 0.433. The Balaban J connectivity index is 2.52. The standard InChI is InChI=1S/C10H13F3N2O2S/c1-5-8(18-7(3)14-5)6(2)15-9(16)17-4-10(11,12)13/h6H,4H2,1-3H3,(H,15,16). The van der Waals surface area contributed by atoms with Crippen molar-refractivity contribution in [2.45, 2.75) is 33.0 Å². The van der Waals surface area contributed by atoms with Gasteiger partial charge in [0, 0.05) is 4.88 Å². The zero-order valence-corrected chi connectivity index (χ0v) is 10.9. The van der Waals surface area contributed by atoms with Gasteiger partial charge in [-0.25, -0.2) is 9.78 Å². The summed E-state index contributed by atoms with van der Waals surface area (Å²) in [7, 11) is 0. The van der Waals surface area contributed by atoms with Crippen molar-refractivity contribution in [3.8, 4) is 0 Å². The summed E-state index contributed by atoms with van der Waals surface area (Å²) in [5, 5.41) is 3.17. The first-order valence-electron chi connectivity index (χ1n) is 5.13. The fraction of sp³-hybridized carbons (Fsp3) is 0.600. The number of alkyl carbamates (subject to hydrolysis) is 1. The minimum atomic E-state index is -4.52. The van der Waals surface area contributed by atoms with Gasteiger partial charge >= 0.3 is 12.3 Å². The van der Waals surface area contributed by atoms with Crippen LogP contribution in [0.4, 0.5) is 18.0 Å². The molecule has 0 spiro atoms. The lowest BCUT2D eigenvalue weighted by molar-refractivity contribution is -0.160. The van der Waals surface area contributed by atoms with Crippen molar-refractivity contribution >= 4 is 17.4 Å². The molecule has 0 aliphatic heterocycles. The molecule has 0 radical (unpaired) electrons. The fourth-order valence-electron chi connectivity index (χ4n) is 1.38. The van der Waals surface area contributed by atoms with Crippen molar-refractivity contribution in [2.24, 2.45) is 0 Å². The number of rotatable bonds is 3. The van der Waals surface area contributed by atoms with Crippen molar-refractivity contribution in [1.29, 1.82) is 0 Å². The maximum Gasteiger partial charge on any atom is 0.422 e. The highest BCUT2D eigenvalue weighted by molar-refractivity contribution is 7.11. The third kappa shape index (κ3) is 4.52. The number of amides is 1.